The molecular formula is C15H18N2. The molecule has 0 unspecified atom stereocenters. The maximum Gasteiger partial charge on any atom is 0.0313 e. The number of benzene rings is 1. The summed E-state index contributed by atoms with van der Waals surface area (Å²) in [6.45, 7) is 5.93. The zero-order chi connectivity index (χ0) is 12.1. The molecule has 0 bridgehead atoms. The summed E-state index contributed by atoms with van der Waals surface area (Å²) in [6.07, 6.45) is 3.79. The molecule has 1 aromatic carbocycles. The Hall–Kier alpha value is -1.67. The molecule has 0 spiro atoms. The molecule has 2 aromatic rings. The van der Waals surface area contributed by atoms with Gasteiger partial charge in [0.1, 0.15) is 0 Å². The summed E-state index contributed by atoms with van der Waals surface area (Å²) < 4.78 is 0. The van der Waals surface area contributed by atoms with Crippen LogP contribution in [-0.2, 0) is 13.1 Å². The second kappa shape index (κ2) is 5.60. The molecule has 1 N–H and O–H groups in total. The highest BCUT2D eigenvalue weighted by atomic mass is 14.8. The predicted molar refractivity (Wildman–Crippen MR) is 70.7 cm³/mol. The van der Waals surface area contributed by atoms with Gasteiger partial charge in [0.05, 0.1) is 0 Å². The standard InChI is InChI=1S/C15H18N2/c1-12-3-5-14(6-4-12)9-17-11-15-7-13(2)8-16-10-15/h3-8,10,17H,9,11H2,1-2H3. The van der Waals surface area contributed by atoms with Gasteiger partial charge in [-0.3, -0.25) is 4.98 Å². The van der Waals surface area contributed by atoms with Crippen molar-refractivity contribution in [2.45, 2.75) is 26.9 Å². The van der Waals surface area contributed by atoms with E-state index in [1.54, 1.807) is 0 Å². The second-order valence-corrected chi connectivity index (χ2v) is 4.46. The fourth-order valence-corrected chi connectivity index (χ4v) is 1.77. The van der Waals surface area contributed by atoms with Crippen LogP contribution in [0.5, 0.6) is 0 Å². The van der Waals surface area contributed by atoms with Gasteiger partial charge in [0.25, 0.3) is 0 Å². The van der Waals surface area contributed by atoms with Crippen LogP contribution in [0.4, 0.5) is 0 Å². The van der Waals surface area contributed by atoms with E-state index in [0.717, 1.165) is 13.1 Å². The molecule has 17 heavy (non-hydrogen) atoms. The van der Waals surface area contributed by atoms with Crippen molar-refractivity contribution in [1.29, 1.82) is 0 Å². The maximum atomic E-state index is 4.18. The number of hydrogen-bond donors (Lipinski definition) is 1. The summed E-state index contributed by atoms with van der Waals surface area (Å²) in [5.74, 6) is 0. The number of nitrogens with zero attached hydrogens (tertiary/aromatic N) is 1. The van der Waals surface area contributed by atoms with Crippen molar-refractivity contribution in [2.75, 3.05) is 0 Å². The van der Waals surface area contributed by atoms with Gasteiger partial charge in [-0.1, -0.05) is 35.9 Å². The molecule has 1 aromatic heterocycles. The van der Waals surface area contributed by atoms with Gasteiger partial charge in [0.2, 0.25) is 0 Å². The molecule has 2 nitrogen and oxygen atoms in total. The Kier molecular flexibility index (Phi) is 3.89. The quantitative estimate of drug-likeness (QED) is 0.867. The topological polar surface area (TPSA) is 24.9 Å². The highest BCUT2D eigenvalue weighted by Gasteiger charge is 1.95. The highest BCUT2D eigenvalue weighted by Crippen LogP contribution is 2.04. The predicted octanol–water partition coefficient (Wildman–Crippen LogP) is 2.99. The number of aromatic nitrogens is 1. The summed E-state index contributed by atoms with van der Waals surface area (Å²) >= 11 is 0. The highest BCUT2D eigenvalue weighted by molar-refractivity contribution is 5.21. The molecule has 0 amide bonds. The Labute approximate surface area is 103 Å². The normalized spacial score (nSPS) is 10.5. The molecule has 0 fully saturated rings. The summed E-state index contributed by atoms with van der Waals surface area (Å²) in [5.41, 5.74) is 5.06. The van der Waals surface area contributed by atoms with Crippen LogP contribution in [0.15, 0.2) is 42.7 Å². The van der Waals surface area contributed by atoms with E-state index in [4.69, 9.17) is 0 Å². The van der Waals surface area contributed by atoms with Crippen molar-refractivity contribution in [1.82, 2.24) is 10.3 Å². The molecule has 0 saturated carbocycles. The molecule has 0 radical (unpaired) electrons. The number of pyridine rings is 1. The molecule has 0 saturated heterocycles. The van der Waals surface area contributed by atoms with Gasteiger partial charge < -0.3 is 5.32 Å². The molecule has 2 heteroatoms. The van der Waals surface area contributed by atoms with E-state index in [9.17, 15) is 0 Å². The zero-order valence-electron chi connectivity index (χ0n) is 10.4. The zero-order valence-corrected chi connectivity index (χ0v) is 10.4. The minimum Gasteiger partial charge on any atom is -0.309 e. The molecule has 0 aliphatic rings. The van der Waals surface area contributed by atoms with Crippen molar-refractivity contribution in [3.05, 3.63) is 65.0 Å². The van der Waals surface area contributed by atoms with Crippen LogP contribution in [0, 0.1) is 13.8 Å². The summed E-state index contributed by atoms with van der Waals surface area (Å²) in [7, 11) is 0. The minimum atomic E-state index is 0.864. The van der Waals surface area contributed by atoms with E-state index in [1.807, 2.05) is 12.4 Å². The maximum absolute atomic E-state index is 4.18. The number of hydrogen-bond acceptors (Lipinski definition) is 2. The van der Waals surface area contributed by atoms with Gasteiger partial charge in [0, 0.05) is 25.5 Å². The Bertz CT molecular complexity index is 475. The van der Waals surface area contributed by atoms with Crippen LogP contribution in [0.2, 0.25) is 0 Å². The molecule has 0 aliphatic heterocycles. The first-order valence-electron chi connectivity index (χ1n) is 5.91. The van der Waals surface area contributed by atoms with E-state index in [0.29, 0.717) is 0 Å². The third kappa shape index (κ3) is 3.68. The molecule has 1 heterocycles. The van der Waals surface area contributed by atoms with Gasteiger partial charge in [-0.15, -0.1) is 0 Å². The van der Waals surface area contributed by atoms with Crippen LogP contribution >= 0.6 is 0 Å². The summed E-state index contributed by atoms with van der Waals surface area (Å²) in [6, 6.07) is 10.8. The van der Waals surface area contributed by atoms with Crippen LogP contribution in [0.1, 0.15) is 22.3 Å². The van der Waals surface area contributed by atoms with Gasteiger partial charge in [-0.05, 0) is 30.5 Å². The number of rotatable bonds is 4. The smallest absolute Gasteiger partial charge is 0.0313 e. The lowest BCUT2D eigenvalue weighted by atomic mass is 10.1. The van der Waals surface area contributed by atoms with E-state index in [-0.39, 0.29) is 0 Å². The van der Waals surface area contributed by atoms with E-state index < -0.39 is 0 Å². The Morgan fingerprint density at radius 1 is 0.882 bits per heavy atom. The van der Waals surface area contributed by atoms with E-state index in [2.05, 4.69) is 54.5 Å². The lowest BCUT2D eigenvalue weighted by molar-refractivity contribution is 0.691. The number of nitrogens with one attached hydrogen (secondary N) is 1. The van der Waals surface area contributed by atoms with Crippen molar-refractivity contribution in [2.24, 2.45) is 0 Å². The summed E-state index contributed by atoms with van der Waals surface area (Å²) in [4.78, 5) is 4.18. The average molecular weight is 226 g/mol. The van der Waals surface area contributed by atoms with E-state index in [1.165, 1.54) is 22.3 Å². The SMILES string of the molecule is Cc1ccc(CNCc2cncc(C)c2)cc1. The number of aryl methyl sites for hydroxylation is 2. The summed E-state index contributed by atoms with van der Waals surface area (Å²) in [5, 5.41) is 3.42. The Morgan fingerprint density at radius 2 is 1.59 bits per heavy atom. The third-order valence-electron chi connectivity index (χ3n) is 2.71. The van der Waals surface area contributed by atoms with Gasteiger partial charge in [-0.2, -0.15) is 0 Å². The molecule has 2 rings (SSSR count). The van der Waals surface area contributed by atoms with Crippen LogP contribution in [0.3, 0.4) is 0 Å². The first-order chi connectivity index (χ1) is 8.24. The lowest BCUT2D eigenvalue weighted by Gasteiger charge is -2.05. The fraction of sp³-hybridized carbons (Fsp3) is 0.267. The van der Waals surface area contributed by atoms with Gasteiger partial charge in [-0.25, -0.2) is 0 Å². The molecular weight excluding hydrogens is 208 g/mol. The van der Waals surface area contributed by atoms with Gasteiger partial charge in [0.15, 0.2) is 0 Å². The third-order valence-corrected chi connectivity index (χ3v) is 2.71. The van der Waals surface area contributed by atoms with Gasteiger partial charge >= 0.3 is 0 Å². The van der Waals surface area contributed by atoms with Crippen molar-refractivity contribution >= 4 is 0 Å². The Morgan fingerprint density at radius 3 is 2.29 bits per heavy atom. The average Bonchev–Trinajstić information content (AvgIpc) is 2.32. The molecule has 88 valence electrons. The first-order valence-corrected chi connectivity index (χ1v) is 5.91. The van der Waals surface area contributed by atoms with Crippen molar-refractivity contribution < 1.29 is 0 Å². The molecule has 0 aliphatic carbocycles. The van der Waals surface area contributed by atoms with Crippen molar-refractivity contribution in [3.63, 3.8) is 0 Å². The Balaban J connectivity index is 1.85. The monoisotopic (exact) mass is 226 g/mol. The van der Waals surface area contributed by atoms with Crippen LogP contribution < -0.4 is 5.32 Å². The van der Waals surface area contributed by atoms with Crippen LogP contribution in [-0.4, -0.2) is 4.98 Å². The largest absolute Gasteiger partial charge is 0.309 e. The van der Waals surface area contributed by atoms with Crippen LogP contribution in [0.25, 0.3) is 0 Å². The second-order valence-electron chi connectivity index (χ2n) is 4.46. The molecule has 0 atom stereocenters. The van der Waals surface area contributed by atoms with Crippen molar-refractivity contribution in [3.8, 4) is 0 Å². The lowest BCUT2D eigenvalue weighted by Crippen LogP contribution is -2.12. The first kappa shape index (κ1) is 11.8. The minimum absolute atomic E-state index is 0.864. The van der Waals surface area contributed by atoms with E-state index >= 15 is 0 Å². The fourth-order valence-electron chi connectivity index (χ4n) is 1.77.